The Morgan fingerprint density at radius 2 is 1.73 bits per heavy atom. The van der Waals surface area contributed by atoms with Crippen LogP contribution >= 0.6 is 0 Å². The summed E-state index contributed by atoms with van der Waals surface area (Å²) in [4.78, 5) is 12.0. The van der Waals surface area contributed by atoms with Crippen LogP contribution in [0.25, 0.3) is 6.08 Å². The molecular formula is C18H20N2O5S. The van der Waals surface area contributed by atoms with Crippen molar-refractivity contribution in [1.82, 2.24) is 5.32 Å². The summed E-state index contributed by atoms with van der Waals surface area (Å²) in [6.45, 7) is 0.264. The lowest BCUT2D eigenvalue weighted by Crippen LogP contribution is -2.20. The number of hydrogen-bond donors (Lipinski definition) is 2. The molecule has 0 saturated carbocycles. The lowest BCUT2D eigenvalue weighted by atomic mass is 10.2. The summed E-state index contributed by atoms with van der Waals surface area (Å²) in [7, 11) is -0.626. The molecule has 0 unspecified atom stereocenters. The zero-order valence-corrected chi connectivity index (χ0v) is 15.2. The van der Waals surface area contributed by atoms with E-state index in [9.17, 15) is 13.2 Å². The molecule has 7 nitrogen and oxygen atoms in total. The van der Waals surface area contributed by atoms with E-state index in [1.165, 1.54) is 18.2 Å². The minimum atomic E-state index is -3.72. The molecule has 2 aromatic rings. The average molecular weight is 376 g/mol. The second-order valence-corrected chi connectivity index (χ2v) is 6.92. The summed E-state index contributed by atoms with van der Waals surface area (Å²) in [6.07, 6.45) is 3.06. The molecule has 0 radical (unpaired) electrons. The average Bonchev–Trinajstić information content (AvgIpc) is 2.64. The van der Waals surface area contributed by atoms with Crippen LogP contribution in [0.15, 0.2) is 53.4 Å². The Morgan fingerprint density at radius 1 is 1.08 bits per heavy atom. The van der Waals surface area contributed by atoms with Crippen molar-refractivity contribution in [1.29, 1.82) is 0 Å². The molecule has 0 heterocycles. The Kier molecular flexibility index (Phi) is 6.37. The Balaban J connectivity index is 1.95. The maximum absolute atomic E-state index is 11.9. The molecule has 26 heavy (non-hydrogen) atoms. The fraction of sp³-hybridized carbons (Fsp3) is 0.167. The molecule has 0 atom stereocenters. The first-order valence-corrected chi connectivity index (χ1v) is 9.18. The number of amides is 1. The number of sulfonamides is 1. The monoisotopic (exact) mass is 376 g/mol. The molecule has 0 fully saturated rings. The van der Waals surface area contributed by atoms with Gasteiger partial charge >= 0.3 is 0 Å². The highest BCUT2D eigenvalue weighted by atomic mass is 32.2. The van der Waals surface area contributed by atoms with Crippen LogP contribution in [0.2, 0.25) is 0 Å². The van der Waals surface area contributed by atoms with Crippen LogP contribution in [0.1, 0.15) is 11.1 Å². The molecule has 0 bridgehead atoms. The van der Waals surface area contributed by atoms with Crippen molar-refractivity contribution in [3.8, 4) is 11.5 Å². The quantitative estimate of drug-likeness (QED) is 0.715. The highest BCUT2D eigenvalue weighted by Gasteiger charge is 2.07. The first-order chi connectivity index (χ1) is 12.3. The predicted octanol–water partition coefficient (Wildman–Crippen LogP) is 1.68. The molecule has 2 aromatic carbocycles. The molecule has 3 N–H and O–H groups in total. The van der Waals surface area contributed by atoms with Gasteiger partial charge in [-0.3, -0.25) is 4.79 Å². The van der Waals surface area contributed by atoms with Gasteiger partial charge in [0.05, 0.1) is 19.1 Å². The van der Waals surface area contributed by atoms with E-state index in [0.29, 0.717) is 11.5 Å². The number of rotatable bonds is 7. The van der Waals surface area contributed by atoms with E-state index in [4.69, 9.17) is 14.6 Å². The third-order valence-electron chi connectivity index (χ3n) is 3.55. The van der Waals surface area contributed by atoms with Gasteiger partial charge in [0, 0.05) is 12.6 Å². The lowest BCUT2D eigenvalue weighted by molar-refractivity contribution is -0.116. The standard InChI is InChI=1S/C18H20N2O5S/c1-24-16-9-5-13(11-17(16)25-2)6-10-18(21)20-12-14-3-7-15(8-4-14)26(19,22)23/h3-11H,12H2,1-2H3,(H,20,21)(H2,19,22,23). The zero-order valence-electron chi connectivity index (χ0n) is 14.4. The van der Waals surface area contributed by atoms with Gasteiger partial charge < -0.3 is 14.8 Å². The molecule has 0 aliphatic heterocycles. The third-order valence-corrected chi connectivity index (χ3v) is 4.48. The molecule has 138 valence electrons. The van der Waals surface area contributed by atoms with Crippen molar-refractivity contribution >= 4 is 22.0 Å². The number of methoxy groups -OCH3 is 2. The van der Waals surface area contributed by atoms with Crippen LogP contribution in [-0.2, 0) is 21.4 Å². The van der Waals surface area contributed by atoms with Gasteiger partial charge in [0.1, 0.15) is 0 Å². The first-order valence-electron chi connectivity index (χ1n) is 7.63. The fourth-order valence-electron chi connectivity index (χ4n) is 2.17. The van der Waals surface area contributed by atoms with Crippen molar-refractivity contribution in [2.24, 2.45) is 5.14 Å². The minimum absolute atomic E-state index is 0.0286. The van der Waals surface area contributed by atoms with Gasteiger partial charge in [-0.15, -0.1) is 0 Å². The van der Waals surface area contributed by atoms with Gasteiger partial charge in [-0.2, -0.15) is 0 Å². The molecule has 0 spiro atoms. The van der Waals surface area contributed by atoms with Crippen molar-refractivity contribution < 1.29 is 22.7 Å². The van der Waals surface area contributed by atoms with E-state index in [1.54, 1.807) is 50.6 Å². The van der Waals surface area contributed by atoms with Crippen LogP contribution < -0.4 is 19.9 Å². The largest absolute Gasteiger partial charge is 0.493 e. The second kappa shape index (κ2) is 8.50. The van der Waals surface area contributed by atoms with Crippen LogP contribution in [0.4, 0.5) is 0 Å². The molecule has 0 aromatic heterocycles. The minimum Gasteiger partial charge on any atom is -0.493 e. The zero-order chi connectivity index (χ0) is 19.2. The summed E-state index contributed by atoms with van der Waals surface area (Å²) in [5, 5.41) is 7.76. The maximum atomic E-state index is 11.9. The Morgan fingerprint density at radius 3 is 2.31 bits per heavy atom. The first kappa shape index (κ1) is 19.5. The van der Waals surface area contributed by atoms with Gasteiger partial charge in [0.15, 0.2) is 11.5 Å². The molecule has 8 heteroatoms. The number of hydrogen-bond acceptors (Lipinski definition) is 5. The van der Waals surface area contributed by atoms with Crippen LogP contribution in [0.5, 0.6) is 11.5 Å². The lowest BCUT2D eigenvalue weighted by Gasteiger charge is -2.07. The van der Waals surface area contributed by atoms with E-state index in [1.807, 2.05) is 0 Å². The molecule has 0 saturated heterocycles. The van der Waals surface area contributed by atoms with Crippen molar-refractivity contribution in [2.75, 3.05) is 14.2 Å². The summed E-state index contributed by atoms with van der Waals surface area (Å²) >= 11 is 0. The van der Waals surface area contributed by atoms with Crippen molar-refractivity contribution in [2.45, 2.75) is 11.4 Å². The maximum Gasteiger partial charge on any atom is 0.244 e. The number of primary sulfonamides is 1. The van der Waals surface area contributed by atoms with Crippen molar-refractivity contribution in [3.63, 3.8) is 0 Å². The van der Waals surface area contributed by atoms with Crippen molar-refractivity contribution in [3.05, 3.63) is 59.7 Å². The summed E-state index contributed by atoms with van der Waals surface area (Å²) in [5.41, 5.74) is 1.54. The van der Waals surface area contributed by atoms with Gasteiger partial charge in [0.2, 0.25) is 15.9 Å². The Labute approximate surface area is 152 Å². The normalized spacial score (nSPS) is 11.3. The predicted molar refractivity (Wildman–Crippen MR) is 98.2 cm³/mol. The van der Waals surface area contributed by atoms with E-state index in [-0.39, 0.29) is 17.3 Å². The summed E-state index contributed by atoms with van der Waals surface area (Å²) in [6, 6.07) is 11.3. The number of nitrogens with two attached hydrogens (primary N) is 1. The third kappa shape index (κ3) is 5.33. The van der Waals surface area contributed by atoms with E-state index in [0.717, 1.165) is 11.1 Å². The smallest absolute Gasteiger partial charge is 0.244 e. The van der Waals surface area contributed by atoms with Gasteiger partial charge in [-0.05, 0) is 41.5 Å². The number of nitrogens with one attached hydrogen (secondary N) is 1. The number of carbonyl (C=O) groups is 1. The Bertz CT molecular complexity index is 906. The summed E-state index contributed by atoms with van der Waals surface area (Å²) < 4.78 is 32.8. The molecular weight excluding hydrogens is 356 g/mol. The molecule has 0 aliphatic carbocycles. The number of ether oxygens (including phenoxy) is 2. The number of carbonyl (C=O) groups excluding carboxylic acids is 1. The summed E-state index contributed by atoms with van der Waals surface area (Å²) in [5.74, 6) is 0.900. The fourth-order valence-corrected chi connectivity index (χ4v) is 2.69. The molecule has 0 aliphatic rings. The van der Waals surface area contributed by atoms with Gasteiger partial charge in [-0.25, -0.2) is 13.6 Å². The molecule has 2 rings (SSSR count). The van der Waals surface area contributed by atoms with E-state index in [2.05, 4.69) is 5.32 Å². The second-order valence-electron chi connectivity index (χ2n) is 5.35. The Hall–Kier alpha value is -2.84. The van der Waals surface area contributed by atoms with E-state index < -0.39 is 10.0 Å². The highest BCUT2D eigenvalue weighted by Crippen LogP contribution is 2.27. The highest BCUT2D eigenvalue weighted by molar-refractivity contribution is 7.89. The SMILES string of the molecule is COc1ccc(C=CC(=O)NCc2ccc(S(N)(=O)=O)cc2)cc1OC. The topological polar surface area (TPSA) is 108 Å². The van der Waals surface area contributed by atoms with Crippen LogP contribution in [-0.4, -0.2) is 28.5 Å². The van der Waals surface area contributed by atoms with E-state index >= 15 is 0 Å². The van der Waals surface area contributed by atoms with Gasteiger partial charge in [-0.1, -0.05) is 18.2 Å². The number of benzene rings is 2. The van der Waals surface area contributed by atoms with Crippen LogP contribution in [0.3, 0.4) is 0 Å². The van der Waals surface area contributed by atoms with Gasteiger partial charge in [0.25, 0.3) is 0 Å². The van der Waals surface area contributed by atoms with Crippen LogP contribution in [0, 0.1) is 0 Å². The molecule has 1 amide bonds.